The first-order valence-corrected chi connectivity index (χ1v) is 7.23. The molecule has 1 amide bonds. The first kappa shape index (κ1) is 20.3. The summed E-state index contributed by atoms with van der Waals surface area (Å²) in [5.41, 5.74) is -0.442. The number of carbonyl (C=O) groups is 1. The molecule has 0 atom stereocenters. The number of nitrogens with one attached hydrogen (secondary N) is 2. The predicted molar refractivity (Wildman–Crippen MR) is 94.7 cm³/mol. The van der Waals surface area contributed by atoms with Crippen molar-refractivity contribution in [2.45, 2.75) is 6.92 Å². The number of likely N-dealkylation sites (N-methyl/N-ethyl adjacent to an activating group) is 1. The van der Waals surface area contributed by atoms with Gasteiger partial charge in [0.15, 0.2) is 5.69 Å². The quantitative estimate of drug-likeness (QED) is 0.443. The van der Waals surface area contributed by atoms with Crippen LogP contribution >= 0.6 is 12.4 Å². The number of rotatable bonds is 6. The summed E-state index contributed by atoms with van der Waals surface area (Å²) in [5, 5.41) is 20.6. The highest BCUT2D eigenvalue weighted by molar-refractivity contribution is 5.92. The summed E-state index contributed by atoms with van der Waals surface area (Å²) in [7, 11) is 1.73. The van der Waals surface area contributed by atoms with E-state index in [0.29, 0.717) is 18.8 Å². The Balaban J connectivity index is 0.00000312. The van der Waals surface area contributed by atoms with Crippen LogP contribution in [0.5, 0.6) is 0 Å². The van der Waals surface area contributed by atoms with E-state index in [-0.39, 0.29) is 29.5 Å². The second kappa shape index (κ2) is 8.90. The predicted octanol–water partition coefficient (Wildman–Crippen LogP) is 0.820. The molecule has 2 rings (SSSR count). The second-order valence-electron chi connectivity index (χ2n) is 5.02. The Morgan fingerprint density at radius 1 is 1.32 bits per heavy atom. The van der Waals surface area contributed by atoms with Gasteiger partial charge in [-0.15, -0.1) is 12.4 Å². The molecule has 2 N–H and O–H groups in total. The molecule has 2 aromatic rings. The molecule has 134 valence electrons. The first-order chi connectivity index (χ1) is 11.5. The minimum absolute atomic E-state index is 0. The van der Waals surface area contributed by atoms with Crippen LogP contribution in [0, 0.1) is 17.0 Å². The van der Waals surface area contributed by atoms with Crippen LogP contribution in [0.4, 0.5) is 5.69 Å². The average Bonchev–Trinajstić information content (AvgIpc) is 2.55. The fraction of sp³-hybridized carbons (Fsp3) is 0.267. The van der Waals surface area contributed by atoms with Gasteiger partial charge in [-0.1, -0.05) is 12.1 Å². The number of hydrogen-bond donors (Lipinski definition) is 2. The number of hydrogen-bond acceptors (Lipinski definition) is 6. The Morgan fingerprint density at radius 3 is 2.64 bits per heavy atom. The molecule has 0 aliphatic carbocycles. The summed E-state index contributed by atoms with van der Waals surface area (Å²) in [6, 6.07) is 7.22. The van der Waals surface area contributed by atoms with E-state index < -0.39 is 16.3 Å². The number of aromatic nitrogens is 2. The van der Waals surface area contributed by atoms with Gasteiger partial charge in [-0.25, -0.2) is 4.68 Å². The minimum atomic E-state index is -0.623. The van der Waals surface area contributed by atoms with Crippen molar-refractivity contribution in [2.24, 2.45) is 0 Å². The summed E-state index contributed by atoms with van der Waals surface area (Å²) in [4.78, 5) is 34.8. The highest BCUT2D eigenvalue weighted by Crippen LogP contribution is 2.22. The molecule has 0 saturated carbocycles. The van der Waals surface area contributed by atoms with Crippen molar-refractivity contribution in [3.05, 3.63) is 62.1 Å². The van der Waals surface area contributed by atoms with Crippen molar-refractivity contribution in [2.75, 3.05) is 20.1 Å². The Kier molecular flexibility index (Phi) is 7.22. The molecule has 0 aliphatic rings. The second-order valence-corrected chi connectivity index (χ2v) is 5.02. The number of nitrogens with zero attached hydrogens (tertiary/aromatic N) is 3. The SMILES string of the molecule is CNCCNC(=O)c1nn(-c2ccccc2[N+](=O)[O-])c(C)cc1=O.Cl. The zero-order chi connectivity index (χ0) is 17.7. The van der Waals surface area contributed by atoms with E-state index in [1.165, 1.54) is 28.9 Å². The van der Waals surface area contributed by atoms with E-state index in [1.54, 1.807) is 20.0 Å². The third-order valence-electron chi connectivity index (χ3n) is 3.29. The smallest absolute Gasteiger partial charge is 0.294 e. The van der Waals surface area contributed by atoms with E-state index in [4.69, 9.17) is 0 Å². The molecule has 9 nitrogen and oxygen atoms in total. The number of benzene rings is 1. The van der Waals surface area contributed by atoms with E-state index >= 15 is 0 Å². The monoisotopic (exact) mass is 367 g/mol. The van der Waals surface area contributed by atoms with Crippen molar-refractivity contribution in [3.63, 3.8) is 0 Å². The number of amides is 1. The van der Waals surface area contributed by atoms with Crippen LogP contribution in [0.3, 0.4) is 0 Å². The zero-order valence-corrected chi connectivity index (χ0v) is 14.5. The van der Waals surface area contributed by atoms with Crippen LogP contribution in [0.25, 0.3) is 5.69 Å². The van der Waals surface area contributed by atoms with Crippen LogP contribution in [0.15, 0.2) is 35.1 Å². The van der Waals surface area contributed by atoms with Gasteiger partial charge in [0.25, 0.3) is 11.6 Å². The molecular formula is C15H18ClN5O4. The summed E-state index contributed by atoms with van der Waals surface area (Å²) >= 11 is 0. The van der Waals surface area contributed by atoms with Gasteiger partial charge in [0.2, 0.25) is 5.43 Å². The fourth-order valence-electron chi connectivity index (χ4n) is 2.13. The molecule has 0 aliphatic heterocycles. The van der Waals surface area contributed by atoms with Crippen LogP contribution < -0.4 is 16.1 Å². The molecule has 0 spiro atoms. The van der Waals surface area contributed by atoms with Crippen LogP contribution in [0.1, 0.15) is 16.2 Å². The lowest BCUT2D eigenvalue weighted by atomic mass is 10.2. The third kappa shape index (κ3) is 4.61. The maximum absolute atomic E-state index is 12.1. The molecule has 1 aromatic carbocycles. The molecule has 0 fully saturated rings. The Morgan fingerprint density at radius 2 is 2.00 bits per heavy atom. The van der Waals surface area contributed by atoms with Gasteiger partial charge in [0.05, 0.1) is 4.92 Å². The highest BCUT2D eigenvalue weighted by Gasteiger charge is 2.19. The van der Waals surface area contributed by atoms with Gasteiger partial charge in [0.1, 0.15) is 5.69 Å². The van der Waals surface area contributed by atoms with Gasteiger partial charge in [-0.05, 0) is 20.0 Å². The number of nitro benzene ring substituents is 1. The highest BCUT2D eigenvalue weighted by atomic mass is 35.5. The van der Waals surface area contributed by atoms with Gasteiger partial charge in [0, 0.05) is 30.9 Å². The van der Waals surface area contributed by atoms with E-state index in [0.717, 1.165) is 0 Å². The van der Waals surface area contributed by atoms with E-state index in [1.807, 2.05) is 0 Å². The molecule has 25 heavy (non-hydrogen) atoms. The molecule has 0 radical (unpaired) electrons. The molecule has 0 saturated heterocycles. The van der Waals surface area contributed by atoms with E-state index in [9.17, 15) is 19.7 Å². The van der Waals surface area contributed by atoms with Crippen molar-refractivity contribution < 1.29 is 9.72 Å². The minimum Gasteiger partial charge on any atom is -0.349 e. The maximum atomic E-state index is 12.1. The van der Waals surface area contributed by atoms with Crippen LogP contribution in [-0.2, 0) is 0 Å². The Hall–Kier alpha value is -2.78. The van der Waals surface area contributed by atoms with Gasteiger partial charge >= 0.3 is 0 Å². The van der Waals surface area contributed by atoms with Gasteiger partial charge in [-0.3, -0.25) is 19.7 Å². The Labute approximate surface area is 149 Å². The van der Waals surface area contributed by atoms with E-state index in [2.05, 4.69) is 15.7 Å². The van der Waals surface area contributed by atoms with Gasteiger partial charge < -0.3 is 10.6 Å². The largest absolute Gasteiger partial charge is 0.349 e. The molecule has 0 bridgehead atoms. The lowest BCUT2D eigenvalue weighted by Crippen LogP contribution is -2.35. The third-order valence-corrected chi connectivity index (χ3v) is 3.29. The summed E-state index contributed by atoms with van der Waals surface area (Å²) in [6.07, 6.45) is 0. The zero-order valence-electron chi connectivity index (χ0n) is 13.7. The fourth-order valence-corrected chi connectivity index (χ4v) is 2.13. The van der Waals surface area contributed by atoms with Gasteiger partial charge in [-0.2, -0.15) is 5.10 Å². The normalized spacial score (nSPS) is 10.0. The number of carbonyl (C=O) groups excluding carboxylic acids is 1. The Bertz CT molecular complexity index is 837. The molecule has 10 heteroatoms. The standard InChI is InChI=1S/C15H17N5O4.ClH/c1-10-9-13(21)14(15(22)17-8-7-16-2)18-19(10)11-5-3-4-6-12(11)20(23)24;/h3-6,9,16H,7-8H2,1-2H3,(H,17,22);1H. The number of aryl methyl sites for hydroxylation is 1. The average molecular weight is 368 g/mol. The molecule has 1 aromatic heterocycles. The van der Waals surface area contributed by atoms with Crippen LogP contribution in [0.2, 0.25) is 0 Å². The maximum Gasteiger partial charge on any atom is 0.294 e. The molecular weight excluding hydrogens is 350 g/mol. The first-order valence-electron chi connectivity index (χ1n) is 7.23. The molecule has 1 heterocycles. The van der Waals surface area contributed by atoms with Crippen LogP contribution in [-0.4, -0.2) is 40.7 Å². The molecule has 0 unspecified atom stereocenters. The number of halogens is 1. The summed E-state index contributed by atoms with van der Waals surface area (Å²) in [5.74, 6) is -0.623. The van der Waals surface area contributed by atoms with Crippen molar-refractivity contribution in [1.82, 2.24) is 20.4 Å². The van der Waals surface area contributed by atoms with Crippen molar-refractivity contribution in [3.8, 4) is 5.69 Å². The number of para-hydroxylation sites is 2. The van der Waals surface area contributed by atoms with Crippen molar-refractivity contribution in [1.29, 1.82) is 0 Å². The number of nitro groups is 1. The summed E-state index contributed by atoms with van der Waals surface area (Å²) in [6.45, 7) is 2.46. The topological polar surface area (TPSA) is 119 Å². The lowest BCUT2D eigenvalue weighted by Gasteiger charge is -2.11. The van der Waals surface area contributed by atoms with Crippen molar-refractivity contribution >= 4 is 24.0 Å². The lowest BCUT2D eigenvalue weighted by molar-refractivity contribution is -0.384. The summed E-state index contributed by atoms with van der Waals surface area (Å²) < 4.78 is 1.23.